The second-order valence-electron chi connectivity index (χ2n) is 11.0. The second-order valence-corrected chi connectivity index (χ2v) is 11.0. The average Bonchev–Trinajstić information content (AvgIpc) is 3.40. The molecule has 1 aliphatic heterocycles. The SMILES string of the molecule is COc1ccc([C@H]2C[C@@]3(C)C(CC[C@]34OCCC4=C(F)F)C3CCC4=CC(=O)CCC4=C32)cc1. The third kappa shape index (κ3) is 2.98. The molecule has 3 fully saturated rings. The van der Waals surface area contributed by atoms with Gasteiger partial charge >= 0.3 is 0 Å². The molecule has 4 aliphatic carbocycles. The molecule has 3 nitrogen and oxygen atoms in total. The lowest BCUT2D eigenvalue weighted by molar-refractivity contribution is -0.114. The maximum Gasteiger partial charge on any atom is 0.272 e. The van der Waals surface area contributed by atoms with Crippen molar-refractivity contribution in [2.45, 2.75) is 69.8 Å². The highest BCUT2D eigenvalue weighted by molar-refractivity contribution is 5.93. The van der Waals surface area contributed by atoms with E-state index in [0.29, 0.717) is 37.7 Å². The van der Waals surface area contributed by atoms with Crippen LogP contribution >= 0.6 is 0 Å². The maximum atomic E-state index is 14.2. The van der Waals surface area contributed by atoms with E-state index in [2.05, 4.69) is 19.1 Å². The Kier molecular flexibility index (Phi) is 5.14. The number of carbonyl (C=O) groups is 1. The van der Waals surface area contributed by atoms with Gasteiger partial charge in [-0.15, -0.1) is 0 Å². The third-order valence-corrected chi connectivity index (χ3v) is 9.79. The van der Waals surface area contributed by atoms with Gasteiger partial charge in [0.1, 0.15) is 11.4 Å². The van der Waals surface area contributed by atoms with E-state index in [4.69, 9.17) is 9.47 Å². The fourth-order valence-corrected chi connectivity index (χ4v) is 8.38. The van der Waals surface area contributed by atoms with Crippen LogP contribution in [-0.4, -0.2) is 25.1 Å². The summed E-state index contributed by atoms with van der Waals surface area (Å²) in [5.41, 5.74) is 4.31. The summed E-state index contributed by atoms with van der Waals surface area (Å²) in [4.78, 5) is 12.2. The van der Waals surface area contributed by atoms with Gasteiger partial charge in [-0.2, -0.15) is 8.78 Å². The van der Waals surface area contributed by atoms with Crippen LogP contribution in [0.2, 0.25) is 0 Å². The molecule has 1 heterocycles. The Labute approximate surface area is 199 Å². The molecule has 5 heteroatoms. The number of hydrogen-bond donors (Lipinski definition) is 0. The van der Waals surface area contributed by atoms with Gasteiger partial charge in [-0.1, -0.05) is 24.6 Å². The number of ether oxygens (including phenoxy) is 2. The van der Waals surface area contributed by atoms with Crippen LogP contribution in [0, 0.1) is 17.3 Å². The zero-order valence-electron chi connectivity index (χ0n) is 20.0. The van der Waals surface area contributed by atoms with Crippen molar-refractivity contribution in [2.24, 2.45) is 17.3 Å². The van der Waals surface area contributed by atoms with Crippen LogP contribution in [0.5, 0.6) is 5.75 Å². The standard InChI is InChI=1S/C29H32F2O3/c1-28-16-23(17-3-7-20(33-2)8-4-17)26-21-10-6-19(32)15-18(21)5-9-22(26)24(28)11-13-29(28)25(27(30)31)12-14-34-29/h3-4,7-8,15,22-24H,5-6,9-14,16H2,1-2H3/t22?,23-,24?,28+,29-/m1/s1. The Morgan fingerprint density at radius 3 is 2.62 bits per heavy atom. The number of halogens is 2. The number of rotatable bonds is 2. The number of hydrogen-bond acceptors (Lipinski definition) is 3. The van der Waals surface area contributed by atoms with Crippen molar-refractivity contribution in [1.29, 1.82) is 0 Å². The number of methoxy groups -OCH3 is 1. The fraction of sp³-hybridized carbons (Fsp3) is 0.552. The molecular weight excluding hydrogens is 434 g/mol. The Hall–Kier alpha value is -2.27. The summed E-state index contributed by atoms with van der Waals surface area (Å²) in [6.07, 6.45) is 6.32. The van der Waals surface area contributed by atoms with E-state index in [-0.39, 0.29) is 22.7 Å². The topological polar surface area (TPSA) is 35.5 Å². The van der Waals surface area contributed by atoms with Crippen molar-refractivity contribution >= 4 is 5.78 Å². The molecule has 1 aromatic rings. The average molecular weight is 467 g/mol. The molecule has 180 valence electrons. The van der Waals surface area contributed by atoms with Gasteiger partial charge in [-0.25, -0.2) is 0 Å². The quantitative estimate of drug-likeness (QED) is 0.475. The third-order valence-electron chi connectivity index (χ3n) is 9.79. The van der Waals surface area contributed by atoms with Crippen LogP contribution < -0.4 is 4.74 Å². The molecule has 34 heavy (non-hydrogen) atoms. The van der Waals surface area contributed by atoms with Gasteiger partial charge in [0.25, 0.3) is 6.08 Å². The molecule has 6 rings (SSSR count). The smallest absolute Gasteiger partial charge is 0.272 e. The van der Waals surface area contributed by atoms with E-state index in [1.54, 1.807) is 7.11 Å². The van der Waals surface area contributed by atoms with Gasteiger partial charge in [0.15, 0.2) is 5.78 Å². The minimum Gasteiger partial charge on any atom is -0.497 e. The van der Waals surface area contributed by atoms with E-state index in [9.17, 15) is 13.6 Å². The van der Waals surface area contributed by atoms with E-state index in [1.165, 1.54) is 22.3 Å². The van der Waals surface area contributed by atoms with Gasteiger partial charge < -0.3 is 9.47 Å². The second kappa shape index (κ2) is 7.87. The van der Waals surface area contributed by atoms with Crippen molar-refractivity contribution < 1.29 is 23.0 Å². The Bertz CT molecular complexity index is 1130. The first-order valence-corrected chi connectivity index (χ1v) is 12.7. The van der Waals surface area contributed by atoms with E-state index < -0.39 is 11.7 Å². The molecule has 1 saturated heterocycles. The summed E-state index contributed by atoms with van der Waals surface area (Å²) < 4.78 is 40.1. The fourth-order valence-electron chi connectivity index (χ4n) is 8.38. The first-order valence-electron chi connectivity index (χ1n) is 12.7. The summed E-state index contributed by atoms with van der Waals surface area (Å²) in [5, 5.41) is 0. The zero-order chi connectivity index (χ0) is 23.7. The Morgan fingerprint density at radius 1 is 1.09 bits per heavy atom. The monoisotopic (exact) mass is 466 g/mol. The summed E-state index contributed by atoms with van der Waals surface area (Å²) >= 11 is 0. The molecule has 0 N–H and O–H groups in total. The van der Waals surface area contributed by atoms with Crippen LogP contribution in [0.4, 0.5) is 8.78 Å². The zero-order valence-corrected chi connectivity index (χ0v) is 20.0. The Morgan fingerprint density at radius 2 is 1.88 bits per heavy atom. The summed E-state index contributed by atoms with van der Waals surface area (Å²) in [6.45, 7) is 2.61. The molecule has 2 unspecified atom stereocenters. The van der Waals surface area contributed by atoms with Crippen LogP contribution in [-0.2, 0) is 9.53 Å². The van der Waals surface area contributed by atoms with Gasteiger partial charge in [-0.3, -0.25) is 4.79 Å². The number of ketones is 1. The van der Waals surface area contributed by atoms with Crippen molar-refractivity contribution in [3.05, 3.63) is 64.3 Å². The molecule has 5 aliphatic rings. The van der Waals surface area contributed by atoms with Crippen molar-refractivity contribution in [1.82, 2.24) is 0 Å². The molecule has 1 spiro atoms. The molecule has 0 aromatic heterocycles. The lowest BCUT2D eigenvalue weighted by Crippen LogP contribution is -2.52. The molecule has 1 aromatic carbocycles. The van der Waals surface area contributed by atoms with Crippen molar-refractivity contribution in [3.8, 4) is 5.75 Å². The predicted octanol–water partition coefficient (Wildman–Crippen LogP) is 6.90. The normalized spacial score (nSPS) is 36.8. The summed E-state index contributed by atoms with van der Waals surface area (Å²) in [5.74, 6) is 1.83. The lowest BCUT2D eigenvalue weighted by atomic mass is 9.50. The molecule has 0 bridgehead atoms. The van der Waals surface area contributed by atoms with Crippen LogP contribution in [0.1, 0.15) is 69.8 Å². The first-order chi connectivity index (χ1) is 16.4. The number of allylic oxidation sites excluding steroid dienone is 4. The predicted molar refractivity (Wildman–Crippen MR) is 126 cm³/mol. The van der Waals surface area contributed by atoms with E-state index >= 15 is 0 Å². The summed E-state index contributed by atoms with van der Waals surface area (Å²) in [7, 11) is 1.66. The van der Waals surface area contributed by atoms with Crippen LogP contribution in [0.25, 0.3) is 0 Å². The van der Waals surface area contributed by atoms with Gasteiger partial charge in [0.2, 0.25) is 0 Å². The van der Waals surface area contributed by atoms with Crippen molar-refractivity contribution in [3.63, 3.8) is 0 Å². The van der Waals surface area contributed by atoms with E-state index in [1.807, 2.05) is 18.2 Å². The number of carbonyl (C=O) groups excluding carboxylic acids is 1. The van der Waals surface area contributed by atoms with Crippen LogP contribution in [0.15, 0.2) is 58.7 Å². The largest absolute Gasteiger partial charge is 0.497 e. The molecule has 2 saturated carbocycles. The first kappa shape index (κ1) is 22.2. The molecule has 0 amide bonds. The number of benzene rings is 1. The van der Waals surface area contributed by atoms with Crippen LogP contribution in [0.3, 0.4) is 0 Å². The minimum atomic E-state index is -1.54. The highest BCUT2D eigenvalue weighted by Crippen LogP contribution is 2.70. The van der Waals surface area contributed by atoms with Gasteiger partial charge in [0.05, 0.1) is 13.7 Å². The van der Waals surface area contributed by atoms with Gasteiger partial charge in [0, 0.05) is 29.7 Å². The molecule has 0 radical (unpaired) electrons. The maximum absolute atomic E-state index is 14.2. The molecule has 5 atom stereocenters. The minimum absolute atomic E-state index is 0.132. The van der Waals surface area contributed by atoms with Crippen molar-refractivity contribution in [2.75, 3.05) is 13.7 Å². The summed E-state index contributed by atoms with van der Waals surface area (Å²) in [6, 6.07) is 8.26. The highest BCUT2D eigenvalue weighted by Gasteiger charge is 2.67. The Balaban J connectivity index is 1.53. The lowest BCUT2D eigenvalue weighted by Gasteiger charge is -2.55. The van der Waals surface area contributed by atoms with Gasteiger partial charge in [-0.05, 0) is 85.3 Å². The highest BCUT2D eigenvalue weighted by atomic mass is 19.3. The van der Waals surface area contributed by atoms with E-state index in [0.717, 1.165) is 37.9 Å². The molecular formula is C29H32F2O3. The number of fused-ring (bicyclic) bond motifs is 5.